The molecular weight excluding hydrogens is 366 g/mol. The Balaban J connectivity index is 2.09. The fourth-order valence-electron chi connectivity index (χ4n) is 2.55. The molecule has 0 aliphatic heterocycles. The van der Waals surface area contributed by atoms with Gasteiger partial charge in [-0.05, 0) is 42.5 Å². The maximum atomic E-state index is 5.17. The average molecular weight is 386 g/mol. The second-order valence-corrected chi connectivity index (χ2v) is 7.60. The van der Waals surface area contributed by atoms with Crippen molar-refractivity contribution in [2.75, 3.05) is 7.11 Å². The molecule has 124 valence electrons. The van der Waals surface area contributed by atoms with Crippen LogP contribution < -0.4 is 4.74 Å². The molecule has 24 heavy (non-hydrogen) atoms. The number of azo groups is 1. The van der Waals surface area contributed by atoms with E-state index >= 15 is 0 Å². The van der Waals surface area contributed by atoms with E-state index in [0.29, 0.717) is 0 Å². The second kappa shape index (κ2) is 6.40. The van der Waals surface area contributed by atoms with Crippen molar-refractivity contribution in [3.8, 4) is 5.75 Å². The molecule has 0 radical (unpaired) electrons. The number of ether oxygens (including phenoxy) is 1. The van der Waals surface area contributed by atoms with E-state index in [-0.39, 0.29) is 5.41 Å². The summed E-state index contributed by atoms with van der Waals surface area (Å²) < 4.78 is 6.20. The molecule has 1 aromatic heterocycles. The topological polar surface area (TPSA) is 49.7 Å². The Morgan fingerprint density at radius 2 is 1.71 bits per heavy atom. The van der Waals surface area contributed by atoms with E-state index in [1.165, 1.54) is 0 Å². The molecule has 0 fully saturated rings. The van der Waals surface area contributed by atoms with Crippen LogP contribution in [0.5, 0.6) is 5.75 Å². The van der Waals surface area contributed by atoms with Crippen LogP contribution in [0.3, 0.4) is 0 Å². The van der Waals surface area contributed by atoms with Gasteiger partial charge in [0.25, 0.3) is 0 Å². The Morgan fingerprint density at radius 1 is 1.00 bits per heavy atom. The van der Waals surface area contributed by atoms with Crippen molar-refractivity contribution in [1.82, 2.24) is 4.98 Å². The zero-order valence-electron chi connectivity index (χ0n) is 14.2. The number of fused-ring (bicyclic) bond motifs is 1. The van der Waals surface area contributed by atoms with Crippen molar-refractivity contribution in [2.45, 2.75) is 26.2 Å². The van der Waals surface area contributed by atoms with Crippen LogP contribution in [0, 0.1) is 0 Å². The summed E-state index contributed by atoms with van der Waals surface area (Å²) in [4.78, 5) is 3.49. The van der Waals surface area contributed by atoms with Crippen LogP contribution in [0.1, 0.15) is 26.5 Å². The first-order valence-electron chi connectivity index (χ1n) is 7.76. The summed E-state index contributed by atoms with van der Waals surface area (Å²) in [7, 11) is 1.65. The third kappa shape index (κ3) is 3.36. The summed E-state index contributed by atoms with van der Waals surface area (Å²) in [5, 5.41) is 10.0. The molecule has 0 unspecified atom stereocenters. The molecule has 3 rings (SSSR count). The number of rotatable bonds is 3. The first-order valence-corrected chi connectivity index (χ1v) is 8.55. The Hall–Kier alpha value is -2.14. The lowest BCUT2D eigenvalue weighted by atomic mass is 9.91. The monoisotopic (exact) mass is 385 g/mol. The van der Waals surface area contributed by atoms with Gasteiger partial charge in [-0.1, -0.05) is 36.7 Å². The van der Waals surface area contributed by atoms with Gasteiger partial charge < -0.3 is 9.72 Å². The van der Waals surface area contributed by atoms with Gasteiger partial charge in [-0.3, -0.25) is 0 Å². The fourth-order valence-corrected chi connectivity index (χ4v) is 2.91. The number of nitrogens with zero attached hydrogens (tertiary/aromatic N) is 2. The molecule has 0 amide bonds. The molecule has 0 spiro atoms. The predicted octanol–water partition coefficient (Wildman–Crippen LogP) is 6.65. The molecule has 0 bridgehead atoms. The van der Waals surface area contributed by atoms with Gasteiger partial charge in [-0.15, -0.1) is 5.11 Å². The van der Waals surface area contributed by atoms with Crippen LogP contribution in [-0.4, -0.2) is 12.1 Å². The number of hydrogen-bond acceptors (Lipinski definition) is 3. The van der Waals surface area contributed by atoms with E-state index in [0.717, 1.165) is 38.2 Å². The summed E-state index contributed by atoms with van der Waals surface area (Å²) in [5.41, 5.74) is 3.76. The standard InChI is InChI=1S/C19H20BrN3O/c1-19(2,3)18-17(15-11-12(20)5-10-16(15)21-18)23-22-13-6-8-14(24-4)9-7-13/h5-11,21H,1-4H3. The summed E-state index contributed by atoms with van der Waals surface area (Å²) in [6, 6.07) is 13.7. The van der Waals surface area contributed by atoms with Crippen molar-refractivity contribution in [1.29, 1.82) is 0 Å². The van der Waals surface area contributed by atoms with Gasteiger partial charge in [0.2, 0.25) is 0 Å². The maximum Gasteiger partial charge on any atom is 0.119 e. The highest BCUT2D eigenvalue weighted by Gasteiger charge is 2.23. The van der Waals surface area contributed by atoms with Crippen molar-refractivity contribution in [2.24, 2.45) is 10.2 Å². The molecule has 0 aliphatic carbocycles. The number of benzene rings is 2. The first-order chi connectivity index (χ1) is 11.4. The number of nitrogens with one attached hydrogen (secondary N) is 1. The molecule has 0 saturated carbocycles. The van der Waals surface area contributed by atoms with Crippen LogP contribution in [0.15, 0.2) is 57.2 Å². The van der Waals surface area contributed by atoms with Crippen LogP contribution >= 0.6 is 15.9 Å². The summed E-state index contributed by atoms with van der Waals surface area (Å²) in [5.74, 6) is 0.806. The third-order valence-electron chi connectivity index (χ3n) is 3.82. The molecule has 0 atom stereocenters. The number of hydrogen-bond donors (Lipinski definition) is 1. The minimum atomic E-state index is -0.0558. The fraction of sp³-hybridized carbons (Fsp3) is 0.263. The van der Waals surface area contributed by atoms with E-state index in [4.69, 9.17) is 4.74 Å². The average Bonchev–Trinajstić information content (AvgIpc) is 2.91. The highest BCUT2D eigenvalue weighted by molar-refractivity contribution is 9.10. The van der Waals surface area contributed by atoms with Gasteiger partial charge in [0.1, 0.15) is 11.4 Å². The van der Waals surface area contributed by atoms with E-state index in [1.807, 2.05) is 30.3 Å². The van der Waals surface area contributed by atoms with E-state index in [9.17, 15) is 0 Å². The van der Waals surface area contributed by atoms with Gasteiger partial charge in [0, 0.05) is 26.5 Å². The quantitative estimate of drug-likeness (QED) is 0.503. The summed E-state index contributed by atoms with van der Waals surface area (Å²) in [6.07, 6.45) is 0. The molecule has 1 N–H and O–H groups in total. The van der Waals surface area contributed by atoms with Gasteiger partial charge in [0.15, 0.2) is 0 Å². The molecule has 2 aromatic carbocycles. The second-order valence-electron chi connectivity index (χ2n) is 6.69. The maximum absolute atomic E-state index is 5.17. The molecule has 5 heteroatoms. The normalized spacial score (nSPS) is 12.2. The molecule has 3 aromatic rings. The number of H-pyrrole nitrogens is 1. The Bertz CT molecular complexity index is 889. The van der Waals surface area contributed by atoms with E-state index < -0.39 is 0 Å². The Morgan fingerprint density at radius 3 is 2.33 bits per heavy atom. The van der Waals surface area contributed by atoms with Crippen LogP contribution in [0.4, 0.5) is 11.4 Å². The van der Waals surface area contributed by atoms with Crippen LogP contribution in [0.2, 0.25) is 0 Å². The minimum absolute atomic E-state index is 0.0558. The Labute approximate surface area is 150 Å². The lowest BCUT2D eigenvalue weighted by Gasteiger charge is -2.17. The Kier molecular flexibility index (Phi) is 4.45. The molecular formula is C19H20BrN3O. The third-order valence-corrected chi connectivity index (χ3v) is 4.31. The molecule has 4 nitrogen and oxygen atoms in total. The number of aromatic nitrogens is 1. The van der Waals surface area contributed by atoms with Crippen molar-refractivity contribution in [3.05, 3.63) is 52.6 Å². The van der Waals surface area contributed by atoms with Crippen molar-refractivity contribution < 1.29 is 4.74 Å². The number of methoxy groups -OCH3 is 1. The molecule has 0 aliphatic rings. The number of aromatic amines is 1. The van der Waals surface area contributed by atoms with Crippen LogP contribution in [0.25, 0.3) is 10.9 Å². The van der Waals surface area contributed by atoms with Crippen LogP contribution in [-0.2, 0) is 5.41 Å². The molecule has 0 saturated heterocycles. The van der Waals surface area contributed by atoms with Gasteiger partial charge in [-0.25, -0.2) is 0 Å². The lowest BCUT2D eigenvalue weighted by molar-refractivity contribution is 0.415. The summed E-state index contributed by atoms with van der Waals surface area (Å²) in [6.45, 7) is 6.50. The minimum Gasteiger partial charge on any atom is -0.497 e. The molecule has 1 heterocycles. The van der Waals surface area contributed by atoms with Gasteiger partial charge >= 0.3 is 0 Å². The zero-order chi connectivity index (χ0) is 17.3. The van der Waals surface area contributed by atoms with Crippen molar-refractivity contribution in [3.63, 3.8) is 0 Å². The van der Waals surface area contributed by atoms with Gasteiger partial charge in [-0.2, -0.15) is 5.11 Å². The van der Waals surface area contributed by atoms with Crippen molar-refractivity contribution >= 4 is 38.2 Å². The SMILES string of the molecule is COc1ccc(N=Nc2c(C(C)(C)C)[nH]c3ccc(Br)cc23)cc1. The first kappa shape index (κ1) is 16.7. The van der Waals surface area contributed by atoms with E-state index in [1.54, 1.807) is 7.11 Å². The lowest BCUT2D eigenvalue weighted by Crippen LogP contribution is -2.11. The summed E-state index contributed by atoms with van der Waals surface area (Å²) >= 11 is 3.54. The van der Waals surface area contributed by atoms with E-state index in [2.05, 4.69) is 64.0 Å². The number of halogens is 1. The highest BCUT2D eigenvalue weighted by Crippen LogP contribution is 2.39. The zero-order valence-corrected chi connectivity index (χ0v) is 15.8. The van der Waals surface area contributed by atoms with Gasteiger partial charge in [0.05, 0.1) is 12.8 Å². The largest absolute Gasteiger partial charge is 0.497 e. The highest BCUT2D eigenvalue weighted by atomic mass is 79.9. The smallest absolute Gasteiger partial charge is 0.119 e. The predicted molar refractivity (Wildman–Crippen MR) is 102 cm³/mol.